The van der Waals surface area contributed by atoms with Crippen LogP contribution in [0.4, 0.5) is 26.3 Å². The summed E-state index contributed by atoms with van der Waals surface area (Å²) in [4.78, 5) is 0. The molecule has 0 aliphatic heterocycles. The molecule has 6 unspecified atom stereocenters. The third-order valence-electron chi connectivity index (χ3n) is 18.8. The summed E-state index contributed by atoms with van der Waals surface area (Å²) in [5.41, 5.74) is 4.15. The Labute approximate surface area is 632 Å². The van der Waals surface area contributed by atoms with E-state index in [1.165, 1.54) is 137 Å². The van der Waals surface area contributed by atoms with Gasteiger partial charge in [-0.3, -0.25) is 0 Å². The van der Waals surface area contributed by atoms with Crippen molar-refractivity contribution in [2.45, 2.75) is 251 Å². The van der Waals surface area contributed by atoms with Crippen LogP contribution >= 0.6 is 0 Å². The summed E-state index contributed by atoms with van der Waals surface area (Å²) in [6.07, 6.45) is -4.14. The molecular weight excluding hydrogens is 1310 g/mol. The number of hydrogen-bond donors (Lipinski definition) is 1. The van der Waals surface area contributed by atoms with Crippen LogP contribution in [0.5, 0.6) is 0 Å². The highest BCUT2D eigenvalue weighted by atomic mass is 19.4. The van der Waals surface area contributed by atoms with Gasteiger partial charge in [-0.15, -0.1) is 0 Å². The van der Waals surface area contributed by atoms with Crippen molar-refractivity contribution in [1.29, 1.82) is 0 Å². The Balaban J connectivity index is 0.000000606. The van der Waals surface area contributed by atoms with Crippen LogP contribution in [0.1, 0.15) is 267 Å². The SMILES string of the molecule is CC.CC.CC.CC.CC.CC(O)(C(F)(F)F)C(F)(F)F.CCC(C)c1c2ccccc2cc2ccccc12.CCC(C)c1ccc2cc3ccccc3cc2c1.CCC(C)c1ccc2ccccc2c1.CCC(C)c1cccc2ccccc12.CCC(C)c1ccccc1.CCC(C)c1ccccc1. The van der Waals surface area contributed by atoms with Gasteiger partial charge in [-0.25, -0.2) is 0 Å². The fourth-order valence-electron chi connectivity index (χ4n) is 11.1. The van der Waals surface area contributed by atoms with Crippen LogP contribution in [-0.2, 0) is 0 Å². The maximum absolute atomic E-state index is 11.4. The summed E-state index contributed by atoms with van der Waals surface area (Å²) in [7, 11) is 0. The first kappa shape index (κ1) is 94.8. The van der Waals surface area contributed by atoms with Crippen molar-refractivity contribution >= 4 is 64.6 Å². The van der Waals surface area contributed by atoms with E-state index < -0.39 is 18.0 Å². The van der Waals surface area contributed by atoms with Crippen LogP contribution in [0.2, 0.25) is 0 Å². The molecule has 0 spiro atoms. The zero-order valence-corrected chi connectivity index (χ0v) is 68.2. The van der Waals surface area contributed by atoms with Gasteiger partial charge in [0.2, 0.25) is 0 Å². The first-order chi connectivity index (χ1) is 50.4. The zero-order valence-electron chi connectivity index (χ0n) is 68.2. The summed E-state index contributed by atoms with van der Waals surface area (Å²) in [6.45, 7) is 46.8. The number of hydrogen-bond acceptors (Lipinski definition) is 1. The Morgan fingerprint density at radius 3 is 0.886 bits per heavy atom. The third-order valence-corrected chi connectivity index (χ3v) is 18.8. The number of fused-ring (bicyclic) bond motifs is 6. The van der Waals surface area contributed by atoms with Gasteiger partial charge < -0.3 is 5.11 Å². The van der Waals surface area contributed by atoms with Crippen LogP contribution in [-0.4, -0.2) is 23.1 Å². The minimum atomic E-state index is -5.69. The van der Waals surface area contributed by atoms with E-state index in [1.807, 2.05) is 69.2 Å². The van der Waals surface area contributed by atoms with E-state index >= 15 is 0 Å². The monoisotopic (exact) mass is 1440 g/mol. The molecule has 0 amide bonds. The molecule has 0 aromatic heterocycles. The van der Waals surface area contributed by atoms with Crippen LogP contribution in [0.15, 0.2) is 255 Å². The van der Waals surface area contributed by atoms with Gasteiger partial charge in [-0.1, -0.05) is 389 Å². The highest BCUT2D eigenvalue weighted by Gasteiger charge is 2.67. The molecule has 1 N–H and O–H groups in total. The Hall–Kier alpha value is -8.26. The molecule has 7 heteroatoms. The van der Waals surface area contributed by atoms with Gasteiger partial charge in [0.1, 0.15) is 0 Å². The minimum absolute atomic E-state index is 0.340. The average molecular weight is 1440 g/mol. The minimum Gasteiger partial charge on any atom is -0.374 e. The highest BCUT2D eigenvalue weighted by Crippen LogP contribution is 2.42. The molecule has 0 radical (unpaired) electrons. The normalized spacial score (nSPS) is 12.3. The van der Waals surface area contributed by atoms with Crippen molar-refractivity contribution in [2.24, 2.45) is 0 Å². The molecule has 0 saturated carbocycles. The van der Waals surface area contributed by atoms with Crippen LogP contribution in [0.25, 0.3) is 64.6 Å². The van der Waals surface area contributed by atoms with Gasteiger partial charge in [-0.05, 0) is 197 Å². The molecule has 0 saturated heterocycles. The van der Waals surface area contributed by atoms with Gasteiger partial charge in [0.05, 0.1) is 0 Å². The van der Waals surface area contributed by atoms with Crippen LogP contribution in [0, 0.1) is 0 Å². The quantitative estimate of drug-likeness (QED) is 0.0955. The lowest BCUT2D eigenvalue weighted by molar-refractivity contribution is -0.360. The van der Waals surface area contributed by atoms with E-state index in [0.717, 1.165) is 0 Å². The lowest BCUT2D eigenvalue weighted by Crippen LogP contribution is -2.54. The molecular formula is C98H130F6O. The lowest BCUT2D eigenvalue weighted by Gasteiger charge is -2.28. The lowest BCUT2D eigenvalue weighted by atomic mass is 9.88. The van der Waals surface area contributed by atoms with Crippen molar-refractivity contribution in [3.8, 4) is 0 Å². The van der Waals surface area contributed by atoms with Crippen molar-refractivity contribution in [3.63, 3.8) is 0 Å². The highest BCUT2D eigenvalue weighted by molar-refractivity contribution is 6.03. The summed E-state index contributed by atoms with van der Waals surface area (Å²) >= 11 is 0. The van der Waals surface area contributed by atoms with Gasteiger partial charge in [0, 0.05) is 0 Å². The molecule has 0 aliphatic rings. The molecule has 0 heterocycles. The largest absolute Gasteiger partial charge is 0.425 e. The van der Waals surface area contributed by atoms with Gasteiger partial charge in [-0.2, -0.15) is 26.3 Å². The number of alkyl halides is 6. The topological polar surface area (TPSA) is 20.2 Å². The summed E-state index contributed by atoms with van der Waals surface area (Å²) in [6, 6.07) is 91.6. The molecule has 570 valence electrons. The summed E-state index contributed by atoms with van der Waals surface area (Å²) < 4.78 is 68.2. The molecule has 12 aromatic rings. The van der Waals surface area contributed by atoms with Crippen molar-refractivity contribution in [2.75, 3.05) is 0 Å². The third kappa shape index (κ3) is 29.5. The number of rotatable bonds is 12. The molecule has 105 heavy (non-hydrogen) atoms. The van der Waals surface area contributed by atoms with Crippen molar-refractivity contribution in [3.05, 3.63) is 288 Å². The van der Waals surface area contributed by atoms with E-state index in [2.05, 4.69) is 338 Å². The molecule has 0 fully saturated rings. The maximum Gasteiger partial charge on any atom is 0.425 e. The molecule has 12 aromatic carbocycles. The van der Waals surface area contributed by atoms with Crippen molar-refractivity contribution in [1.82, 2.24) is 0 Å². The fourth-order valence-corrected chi connectivity index (χ4v) is 11.1. The average Bonchev–Trinajstić information content (AvgIpc) is 0.721. The Morgan fingerprint density at radius 1 is 0.248 bits per heavy atom. The molecule has 6 atom stereocenters. The van der Waals surface area contributed by atoms with Gasteiger partial charge >= 0.3 is 12.4 Å². The maximum atomic E-state index is 11.4. The van der Waals surface area contributed by atoms with Crippen LogP contribution < -0.4 is 0 Å². The first-order valence-electron chi connectivity index (χ1n) is 39.2. The first-order valence-corrected chi connectivity index (χ1v) is 39.2. The van der Waals surface area contributed by atoms with E-state index in [0.29, 0.717) is 35.5 Å². The standard InChI is InChI=1S/2C18H18.2C14H16.2C10H14.C4H4F6O.5C2H6/c1-3-13(2)18-16-10-6-4-8-14(16)12-15-9-5-7-11-17(15)18;1-3-13(2)14-8-9-17-11-15-6-4-5-7-16(15)12-18(17)10-14;1-3-11(2)13-10-6-8-12-7-4-5-9-14(12)13;1-3-11(2)13-9-8-12-6-4-5-7-14(12)10-13;2*1-3-9(2)10-7-5-4-6-8-10;1-2(11,3(5,6)7)4(8,9)10;5*1-2/h2*4-13H,3H2,1-2H3;2*4-11H,3H2,1-2H3;2*4-9H,3H2,1-2H3;11H,1H3;5*1-2H3. The number of aliphatic hydroxyl groups is 1. The molecule has 0 bridgehead atoms. The Kier molecular flexibility index (Phi) is 46.1. The van der Waals surface area contributed by atoms with Crippen LogP contribution in [0.3, 0.4) is 0 Å². The second-order valence-corrected chi connectivity index (χ2v) is 25.5. The van der Waals surface area contributed by atoms with E-state index in [-0.39, 0.29) is 6.92 Å². The number of halogens is 6. The second kappa shape index (κ2) is 51.1. The summed E-state index contributed by atoms with van der Waals surface area (Å²) in [5, 5.41) is 24.2. The molecule has 12 rings (SSSR count). The predicted molar refractivity (Wildman–Crippen MR) is 455 cm³/mol. The fraction of sp³-hybridized carbons (Fsp3) is 0.388. The smallest absolute Gasteiger partial charge is 0.374 e. The van der Waals surface area contributed by atoms with E-state index in [4.69, 9.17) is 5.11 Å². The van der Waals surface area contributed by atoms with Gasteiger partial charge in [0.25, 0.3) is 5.60 Å². The zero-order chi connectivity index (χ0) is 79.3. The molecule has 1 nitrogen and oxygen atoms in total. The van der Waals surface area contributed by atoms with Gasteiger partial charge in [0.15, 0.2) is 0 Å². The summed E-state index contributed by atoms with van der Waals surface area (Å²) in [5.74, 6) is 3.98. The predicted octanol–water partition coefficient (Wildman–Crippen LogP) is 33.1. The van der Waals surface area contributed by atoms with E-state index in [1.54, 1.807) is 0 Å². The molecule has 0 aliphatic carbocycles. The Morgan fingerprint density at radius 2 is 0.514 bits per heavy atom. The second-order valence-electron chi connectivity index (χ2n) is 25.5. The van der Waals surface area contributed by atoms with Crippen molar-refractivity contribution < 1.29 is 31.4 Å². The Bertz CT molecular complexity index is 4100. The van der Waals surface area contributed by atoms with E-state index in [9.17, 15) is 26.3 Å². The number of benzene rings is 12.